The third-order valence-corrected chi connectivity index (χ3v) is 4.21. The van der Waals surface area contributed by atoms with Gasteiger partial charge in [-0.15, -0.1) is 0 Å². The van der Waals surface area contributed by atoms with Crippen molar-refractivity contribution >= 4 is 5.91 Å². The van der Waals surface area contributed by atoms with Crippen LogP contribution in [0.1, 0.15) is 36.5 Å². The van der Waals surface area contributed by atoms with Gasteiger partial charge in [-0.3, -0.25) is 4.79 Å². The average Bonchev–Trinajstić information content (AvgIpc) is 3.00. The largest absolute Gasteiger partial charge is 0.497 e. The number of amides is 1. The number of nitrogens with one attached hydrogen (secondary N) is 1. The molecule has 1 aromatic heterocycles. The highest BCUT2D eigenvalue weighted by Gasteiger charge is 2.17. The summed E-state index contributed by atoms with van der Waals surface area (Å²) in [7, 11) is 1.62. The second-order valence-electron chi connectivity index (χ2n) is 5.94. The second-order valence-corrected chi connectivity index (χ2v) is 5.94. The minimum absolute atomic E-state index is 0.142. The molecule has 2 aromatic rings. The van der Waals surface area contributed by atoms with Crippen molar-refractivity contribution in [1.29, 1.82) is 0 Å². The van der Waals surface area contributed by atoms with Gasteiger partial charge in [-0.05, 0) is 43.2 Å². The van der Waals surface area contributed by atoms with Crippen LogP contribution in [0.15, 0.2) is 30.3 Å². The van der Waals surface area contributed by atoms with E-state index < -0.39 is 6.10 Å². The van der Waals surface area contributed by atoms with E-state index in [1.165, 1.54) is 0 Å². The number of aromatic nitrogens is 2. The molecule has 0 aliphatic rings. The van der Waals surface area contributed by atoms with Gasteiger partial charge in [-0.2, -0.15) is 5.10 Å². The van der Waals surface area contributed by atoms with Gasteiger partial charge in [0.25, 0.3) is 5.91 Å². The molecule has 0 spiro atoms. The molecule has 0 radical (unpaired) electrons. The van der Waals surface area contributed by atoms with Crippen LogP contribution in [0, 0.1) is 12.8 Å². The summed E-state index contributed by atoms with van der Waals surface area (Å²) in [6.45, 7) is 6.08. The first kappa shape index (κ1) is 18.0. The lowest BCUT2D eigenvalue weighted by Gasteiger charge is -2.17. The molecule has 6 heteroatoms. The SMILES string of the molecule is CCC(C)C(O)CNC(=O)c1cc(C)n(-c2ccc(OC)cc2)n1. The van der Waals surface area contributed by atoms with Gasteiger partial charge in [0.1, 0.15) is 5.75 Å². The van der Waals surface area contributed by atoms with Crippen LogP contribution in [-0.2, 0) is 0 Å². The molecule has 1 heterocycles. The smallest absolute Gasteiger partial charge is 0.271 e. The maximum absolute atomic E-state index is 12.2. The summed E-state index contributed by atoms with van der Waals surface area (Å²) in [5, 5.41) is 17.0. The van der Waals surface area contributed by atoms with E-state index in [1.54, 1.807) is 17.9 Å². The molecule has 130 valence electrons. The van der Waals surface area contributed by atoms with Gasteiger partial charge in [0.05, 0.1) is 18.9 Å². The van der Waals surface area contributed by atoms with Crippen molar-refractivity contribution in [3.63, 3.8) is 0 Å². The molecule has 2 unspecified atom stereocenters. The Bertz CT molecular complexity index is 679. The van der Waals surface area contributed by atoms with Crippen molar-refractivity contribution in [2.24, 2.45) is 5.92 Å². The zero-order chi connectivity index (χ0) is 17.7. The molecule has 1 amide bonds. The Kier molecular flexibility index (Phi) is 5.98. The van der Waals surface area contributed by atoms with Crippen LogP contribution in [0.4, 0.5) is 0 Å². The number of hydrogen-bond donors (Lipinski definition) is 2. The molecule has 0 aliphatic heterocycles. The van der Waals surface area contributed by atoms with E-state index >= 15 is 0 Å². The molecule has 6 nitrogen and oxygen atoms in total. The number of ether oxygens (including phenoxy) is 1. The molecule has 0 aliphatic carbocycles. The Labute approximate surface area is 142 Å². The summed E-state index contributed by atoms with van der Waals surface area (Å²) in [6, 6.07) is 9.19. The molecule has 0 saturated carbocycles. The van der Waals surface area contributed by atoms with Gasteiger partial charge in [0.2, 0.25) is 0 Å². The Hall–Kier alpha value is -2.34. The molecule has 0 bridgehead atoms. The maximum Gasteiger partial charge on any atom is 0.271 e. The van der Waals surface area contributed by atoms with Crippen LogP contribution in [0.3, 0.4) is 0 Å². The van der Waals surface area contributed by atoms with Crippen molar-refractivity contribution < 1.29 is 14.6 Å². The summed E-state index contributed by atoms with van der Waals surface area (Å²) < 4.78 is 6.85. The number of hydrogen-bond acceptors (Lipinski definition) is 4. The lowest BCUT2D eigenvalue weighted by molar-refractivity contribution is 0.0845. The topological polar surface area (TPSA) is 76.4 Å². The van der Waals surface area contributed by atoms with Crippen LogP contribution in [0.2, 0.25) is 0 Å². The highest BCUT2D eigenvalue weighted by atomic mass is 16.5. The normalized spacial score (nSPS) is 13.4. The number of rotatable bonds is 7. The van der Waals surface area contributed by atoms with Gasteiger partial charge >= 0.3 is 0 Å². The summed E-state index contributed by atoms with van der Waals surface area (Å²) in [6.07, 6.45) is 0.311. The summed E-state index contributed by atoms with van der Waals surface area (Å²) >= 11 is 0. The average molecular weight is 331 g/mol. The number of carbonyl (C=O) groups is 1. The fraction of sp³-hybridized carbons (Fsp3) is 0.444. The highest BCUT2D eigenvalue weighted by Crippen LogP contribution is 2.17. The number of aliphatic hydroxyl groups is 1. The molecule has 2 rings (SSSR count). The van der Waals surface area contributed by atoms with Gasteiger partial charge in [-0.1, -0.05) is 20.3 Å². The van der Waals surface area contributed by atoms with Crippen LogP contribution in [0.25, 0.3) is 5.69 Å². The Morgan fingerprint density at radius 3 is 2.62 bits per heavy atom. The maximum atomic E-state index is 12.2. The number of aliphatic hydroxyl groups excluding tert-OH is 1. The molecule has 1 aromatic carbocycles. The molecule has 0 fully saturated rings. The second kappa shape index (κ2) is 7.97. The Morgan fingerprint density at radius 2 is 2.04 bits per heavy atom. The van der Waals surface area contributed by atoms with Crippen LogP contribution >= 0.6 is 0 Å². The zero-order valence-electron chi connectivity index (χ0n) is 14.6. The first-order valence-electron chi connectivity index (χ1n) is 8.13. The fourth-order valence-electron chi connectivity index (χ4n) is 2.33. The number of methoxy groups -OCH3 is 1. The molecule has 2 atom stereocenters. The molecule has 0 saturated heterocycles. The first-order chi connectivity index (χ1) is 11.5. The predicted octanol–water partition coefficient (Wildman–Crippen LogP) is 2.33. The van der Waals surface area contributed by atoms with Crippen LogP contribution < -0.4 is 10.1 Å². The Balaban J connectivity index is 2.08. The van der Waals surface area contributed by atoms with E-state index in [9.17, 15) is 9.90 Å². The third kappa shape index (κ3) is 4.14. The number of nitrogens with zero attached hydrogens (tertiary/aromatic N) is 2. The third-order valence-electron chi connectivity index (χ3n) is 4.21. The van der Waals surface area contributed by atoms with Crippen LogP contribution in [0.5, 0.6) is 5.75 Å². The molecule has 2 N–H and O–H groups in total. The van der Waals surface area contributed by atoms with E-state index in [0.29, 0.717) is 5.69 Å². The van der Waals surface area contributed by atoms with E-state index in [-0.39, 0.29) is 18.4 Å². The van der Waals surface area contributed by atoms with Crippen molar-refractivity contribution in [1.82, 2.24) is 15.1 Å². The zero-order valence-corrected chi connectivity index (χ0v) is 14.6. The minimum Gasteiger partial charge on any atom is -0.497 e. The Morgan fingerprint density at radius 1 is 1.38 bits per heavy atom. The summed E-state index contributed by atoms with van der Waals surface area (Å²) in [5.74, 6) is 0.622. The fourth-order valence-corrected chi connectivity index (χ4v) is 2.33. The standard InChI is InChI=1S/C18H25N3O3/c1-5-12(2)17(22)11-19-18(23)16-10-13(3)21(20-16)14-6-8-15(24-4)9-7-14/h6-10,12,17,22H,5,11H2,1-4H3,(H,19,23). The number of benzene rings is 1. The van der Waals surface area contributed by atoms with Crippen molar-refractivity contribution in [2.45, 2.75) is 33.3 Å². The number of carbonyl (C=O) groups excluding carboxylic acids is 1. The molecule has 24 heavy (non-hydrogen) atoms. The van der Waals surface area contributed by atoms with Gasteiger partial charge in [-0.25, -0.2) is 4.68 Å². The van der Waals surface area contributed by atoms with Gasteiger partial charge < -0.3 is 15.2 Å². The monoisotopic (exact) mass is 331 g/mol. The first-order valence-corrected chi connectivity index (χ1v) is 8.13. The predicted molar refractivity (Wildman–Crippen MR) is 92.6 cm³/mol. The lowest BCUT2D eigenvalue weighted by Crippen LogP contribution is -2.35. The molecular weight excluding hydrogens is 306 g/mol. The van der Waals surface area contributed by atoms with Crippen molar-refractivity contribution in [3.05, 3.63) is 41.7 Å². The van der Waals surface area contributed by atoms with Gasteiger partial charge in [0, 0.05) is 12.2 Å². The van der Waals surface area contributed by atoms with E-state index in [2.05, 4.69) is 10.4 Å². The van der Waals surface area contributed by atoms with Gasteiger partial charge in [0.15, 0.2) is 5.69 Å². The highest BCUT2D eigenvalue weighted by molar-refractivity contribution is 5.92. The lowest BCUT2D eigenvalue weighted by atomic mass is 10.0. The van der Waals surface area contributed by atoms with Crippen molar-refractivity contribution in [2.75, 3.05) is 13.7 Å². The van der Waals surface area contributed by atoms with E-state index in [4.69, 9.17) is 4.74 Å². The molecular formula is C18H25N3O3. The van der Waals surface area contributed by atoms with E-state index in [0.717, 1.165) is 23.6 Å². The van der Waals surface area contributed by atoms with E-state index in [1.807, 2.05) is 45.0 Å². The summed E-state index contributed by atoms with van der Waals surface area (Å²) in [5.41, 5.74) is 2.04. The summed E-state index contributed by atoms with van der Waals surface area (Å²) in [4.78, 5) is 12.2. The quantitative estimate of drug-likeness (QED) is 0.816. The minimum atomic E-state index is -0.552. The van der Waals surface area contributed by atoms with Crippen LogP contribution in [-0.4, -0.2) is 40.6 Å². The van der Waals surface area contributed by atoms with Crippen molar-refractivity contribution in [3.8, 4) is 11.4 Å². The number of aryl methyl sites for hydroxylation is 1.